The van der Waals surface area contributed by atoms with Crippen LogP contribution in [0, 0.1) is 0 Å². The number of aromatic nitrogens is 2. The van der Waals surface area contributed by atoms with Crippen LogP contribution in [-0.4, -0.2) is 70.0 Å². The normalized spacial score (nSPS) is 28.3. The molecule has 2 saturated heterocycles. The predicted molar refractivity (Wildman–Crippen MR) is 93.1 cm³/mol. The van der Waals surface area contributed by atoms with E-state index in [-0.39, 0.29) is 24.3 Å². The summed E-state index contributed by atoms with van der Waals surface area (Å²) in [6, 6.07) is 0.270. The zero-order chi connectivity index (χ0) is 17.1. The summed E-state index contributed by atoms with van der Waals surface area (Å²) >= 11 is 0. The van der Waals surface area contributed by atoms with E-state index >= 15 is 0 Å². The molecule has 2 fully saturated rings. The van der Waals surface area contributed by atoms with Crippen molar-refractivity contribution in [3.63, 3.8) is 0 Å². The number of aryl methyl sites for hydroxylation is 1. The summed E-state index contributed by atoms with van der Waals surface area (Å²) in [5, 5.41) is 7.19. The summed E-state index contributed by atoms with van der Waals surface area (Å²) < 4.78 is 7.62. The van der Waals surface area contributed by atoms with Gasteiger partial charge in [-0.3, -0.25) is 9.58 Å². The van der Waals surface area contributed by atoms with Crippen LogP contribution < -0.4 is 5.32 Å². The maximum atomic E-state index is 12.6. The van der Waals surface area contributed by atoms with Crippen molar-refractivity contribution in [1.29, 1.82) is 0 Å². The van der Waals surface area contributed by atoms with E-state index in [1.165, 1.54) is 0 Å². The molecule has 24 heavy (non-hydrogen) atoms. The maximum absolute atomic E-state index is 12.6. The SMILES string of the molecule is CCn1cc(NC(=O)N2CCCC2CN2CC(C)OC(C)C2)cn1. The number of carbonyl (C=O) groups excluding carboxylic acids is 1. The zero-order valence-electron chi connectivity index (χ0n) is 14.9. The highest BCUT2D eigenvalue weighted by Gasteiger charge is 2.32. The largest absolute Gasteiger partial charge is 0.373 e. The molecule has 2 aliphatic rings. The molecule has 134 valence electrons. The Hall–Kier alpha value is -1.60. The smallest absolute Gasteiger partial charge is 0.322 e. The van der Waals surface area contributed by atoms with Gasteiger partial charge in [-0.25, -0.2) is 4.79 Å². The third-order valence-electron chi connectivity index (χ3n) is 4.81. The van der Waals surface area contributed by atoms with Crippen LogP contribution in [0.2, 0.25) is 0 Å². The number of morpholine rings is 1. The van der Waals surface area contributed by atoms with Gasteiger partial charge in [0.25, 0.3) is 0 Å². The van der Waals surface area contributed by atoms with Crippen LogP contribution in [0.5, 0.6) is 0 Å². The number of amides is 2. The highest BCUT2D eigenvalue weighted by Crippen LogP contribution is 2.21. The zero-order valence-corrected chi connectivity index (χ0v) is 14.9. The number of carbonyl (C=O) groups is 1. The molecule has 0 spiro atoms. The van der Waals surface area contributed by atoms with Crippen LogP contribution >= 0.6 is 0 Å². The maximum Gasteiger partial charge on any atom is 0.322 e. The number of rotatable bonds is 4. The standard InChI is InChI=1S/C17H29N5O2/c1-4-21-11-15(8-18-21)19-17(23)22-7-5-6-16(22)12-20-9-13(2)24-14(3)10-20/h8,11,13-14,16H,4-7,9-10,12H2,1-3H3,(H,19,23). The molecule has 3 atom stereocenters. The monoisotopic (exact) mass is 335 g/mol. The molecular weight excluding hydrogens is 306 g/mol. The topological polar surface area (TPSA) is 62.6 Å². The van der Waals surface area contributed by atoms with Crippen molar-refractivity contribution in [3.05, 3.63) is 12.4 Å². The van der Waals surface area contributed by atoms with E-state index in [4.69, 9.17) is 4.74 Å². The predicted octanol–water partition coefficient (Wildman–Crippen LogP) is 2.01. The van der Waals surface area contributed by atoms with E-state index < -0.39 is 0 Å². The van der Waals surface area contributed by atoms with Gasteiger partial charge in [0.05, 0.1) is 24.1 Å². The van der Waals surface area contributed by atoms with Crippen molar-refractivity contribution >= 4 is 11.7 Å². The van der Waals surface area contributed by atoms with Crippen LogP contribution in [-0.2, 0) is 11.3 Å². The van der Waals surface area contributed by atoms with E-state index in [2.05, 4.69) is 29.2 Å². The van der Waals surface area contributed by atoms with Gasteiger partial charge in [0.2, 0.25) is 0 Å². The van der Waals surface area contributed by atoms with Crippen molar-refractivity contribution in [2.45, 2.75) is 58.4 Å². The van der Waals surface area contributed by atoms with Crippen LogP contribution in [0.15, 0.2) is 12.4 Å². The second-order valence-corrected chi connectivity index (χ2v) is 6.98. The van der Waals surface area contributed by atoms with Gasteiger partial charge >= 0.3 is 6.03 Å². The van der Waals surface area contributed by atoms with Gasteiger partial charge in [-0.1, -0.05) is 0 Å². The molecule has 1 aromatic rings. The van der Waals surface area contributed by atoms with Crippen LogP contribution in [0.3, 0.4) is 0 Å². The van der Waals surface area contributed by atoms with Crippen molar-refractivity contribution in [3.8, 4) is 0 Å². The van der Waals surface area contributed by atoms with E-state index in [0.29, 0.717) is 0 Å². The first-order valence-electron chi connectivity index (χ1n) is 9.03. The minimum Gasteiger partial charge on any atom is -0.373 e. The number of ether oxygens (including phenoxy) is 1. The Labute approximate surface area is 143 Å². The molecule has 7 heteroatoms. The summed E-state index contributed by atoms with van der Waals surface area (Å²) in [6.45, 7) is 10.7. The average molecular weight is 335 g/mol. The molecule has 2 amide bonds. The fraction of sp³-hybridized carbons (Fsp3) is 0.765. The lowest BCUT2D eigenvalue weighted by atomic mass is 10.1. The number of urea groups is 1. The molecule has 3 rings (SSSR count). The number of nitrogens with one attached hydrogen (secondary N) is 1. The van der Waals surface area contributed by atoms with Crippen molar-refractivity contribution < 1.29 is 9.53 Å². The lowest BCUT2D eigenvalue weighted by Gasteiger charge is -2.38. The van der Waals surface area contributed by atoms with Crippen LogP contribution in [0.1, 0.15) is 33.6 Å². The molecule has 1 N–H and O–H groups in total. The summed E-state index contributed by atoms with van der Waals surface area (Å²) in [4.78, 5) is 17.0. The summed E-state index contributed by atoms with van der Waals surface area (Å²) in [5.41, 5.74) is 0.765. The highest BCUT2D eigenvalue weighted by molar-refractivity contribution is 5.89. The Bertz CT molecular complexity index is 551. The fourth-order valence-electron chi connectivity index (χ4n) is 3.82. The lowest BCUT2D eigenvalue weighted by Crippen LogP contribution is -2.51. The fourth-order valence-corrected chi connectivity index (χ4v) is 3.82. The Balaban J connectivity index is 1.57. The molecule has 3 heterocycles. The third-order valence-corrected chi connectivity index (χ3v) is 4.81. The van der Waals surface area contributed by atoms with Gasteiger partial charge in [-0.15, -0.1) is 0 Å². The summed E-state index contributed by atoms with van der Waals surface area (Å²) in [5.74, 6) is 0. The molecule has 3 unspecified atom stereocenters. The Morgan fingerprint density at radius 2 is 2.12 bits per heavy atom. The molecule has 0 aliphatic carbocycles. The number of hydrogen-bond acceptors (Lipinski definition) is 4. The Morgan fingerprint density at radius 3 is 2.79 bits per heavy atom. The van der Waals surface area contributed by atoms with Gasteiger partial charge < -0.3 is 15.0 Å². The van der Waals surface area contributed by atoms with Crippen molar-refractivity contribution in [2.24, 2.45) is 0 Å². The van der Waals surface area contributed by atoms with E-state index in [9.17, 15) is 4.79 Å². The molecule has 0 bridgehead atoms. The van der Waals surface area contributed by atoms with Crippen LogP contribution in [0.25, 0.3) is 0 Å². The lowest BCUT2D eigenvalue weighted by molar-refractivity contribution is -0.0712. The van der Waals surface area contributed by atoms with E-state index in [1.807, 2.05) is 22.7 Å². The molecule has 0 radical (unpaired) electrons. The number of hydrogen-bond donors (Lipinski definition) is 1. The molecule has 1 aromatic heterocycles. The van der Waals surface area contributed by atoms with Gasteiger partial charge in [0.1, 0.15) is 0 Å². The van der Waals surface area contributed by atoms with E-state index in [0.717, 1.165) is 51.3 Å². The number of likely N-dealkylation sites (tertiary alicyclic amines) is 1. The van der Waals surface area contributed by atoms with Crippen LogP contribution in [0.4, 0.5) is 10.5 Å². The molecule has 0 saturated carbocycles. The first kappa shape index (κ1) is 17.2. The van der Waals surface area contributed by atoms with Crippen molar-refractivity contribution in [2.75, 3.05) is 31.5 Å². The number of nitrogens with zero attached hydrogens (tertiary/aromatic N) is 4. The Kier molecular flexibility index (Phi) is 5.40. The number of anilines is 1. The average Bonchev–Trinajstić information content (AvgIpc) is 3.15. The van der Waals surface area contributed by atoms with E-state index in [1.54, 1.807) is 6.20 Å². The van der Waals surface area contributed by atoms with Gasteiger partial charge in [-0.2, -0.15) is 5.10 Å². The molecular formula is C17H29N5O2. The molecule has 2 aliphatic heterocycles. The first-order chi connectivity index (χ1) is 11.5. The van der Waals surface area contributed by atoms with Gasteiger partial charge in [0, 0.05) is 45.0 Å². The summed E-state index contributed by atoms with van der Waals surface area (Å²) in [6.07, 6.45) is 6.24. The minimum atomic E-state index is -0.0116. The summed E-state index contributed by atoms with van der Waals surface area (Å²) in [7, 11) is 0. The van der Waals surface area contributed by atoms with Gasteiger partial charge in [-0.05, 0) is 33.6 Å². The minimum absolute atomic E-state index is 0.0116. The van der Waals surface area contributed by atoms with Gasteiger partial charge in [0.15, 0.2) is 0 Å². The second-order valence-electron chi connectivity index (χ2n) is 6.98. The molecule has 7 nitrogen and oxygen atoms in total. The molecule has 0 aromatic carbocycles. The second kappa shape index (κ2) is 7.53. The first-order valence-corrected chi connectivity index (χ1v) is 9.03. The Morgan fingerprint density at radius 1 is 1.38 bits per heavy atom. The third kappa shape index (κ3) is 4.08. The van der Waals surface area contributed by atoms with Crippen molar-refractivity contribution in [1.82, 2.24) is 19.6 Å². The quantitative estimate of drug-likeness (QED) is 0.914. The highest BCUT2D eigenvalue weighted by atomic mass is 16.5.